The fraction of sp³-hybridized carbons (Fsp3) is 0.118. The second kappa shape index (κ2) is 7.13. The van der Waals surface area contributed by atoms with Gasteiger partial charge in [0.15, 0.2) is 0 Å². The zero-order chi connectivity index (χ0) is 15.4. The summed E-state index contributed by atoms with van der Waals surface area (Å²) in [5, 5.41) is 3.49. The molecule has 1 N–H and O–H groups in total. The molecule has 3 rings (SSSR count). The maximum atomic E-state index is 13.6. The van der Waals surface area contributed by atoms with Crippen LogP contribution in [0, 0.1) is 5.82 Å². The van der Waals surface area contributed by atoms with Gasteiger partial charge in [0.1, 0.15) is 5.82 Å². The summed E-state index contributed by atoms with van der Waals surface area (Å²) in [6.45, 7) is 0.693. The molecule has 0 radical (unpaired) electrons. The molecule has 0 aliphatic heterocycles. The lowest BCUT2D eigenvalue weighted by Gasteiger charge is -2.20. The number of nitrogens with zero attached hydrogens (tertiary/aromatic N) is 1. The van der Waals surface area contributed by atoms with E-state index in [0.29, 0.717) is 6.54 Å². The maximum Gasteiger partial charge on any atom is 0.123 e. The molecule has 2 nitrogen and oxygen atoms in total. The van der Waals surface area contributed by atoms with Gasteiger partial charge >= 0.3 is 0 Å². The Labute approximate surface area is 141 Å². The van der Waals surface area contributed by atoms with Crippen molar-refractivity contribution in [3.63, 3.8) is 0 Å². The van der Waals surface area contributed by atoms with E-state index in [1.807, 2.05) is 36.0 Å². The van der Waals surface area contributed by atoms with Crippen molar-refractivity contribution in [3.8, 4) is 0 Å². The van der Waals surface area contributed by atoms with E-state index in [1.165, 1.54) is 6.07 Å². The van der Waals surface area contributed by atoms with Crippen LogP contribution in [-0.4, -0.2) is 4.98 Å². The number of benzene rings is 2. The van der Waals surface area contributed by atoms with Gasteiger partial charge in [0.05, 0.1) is 11.6 Å². The van der Waals surface area contributed by atoms with Crippen LogP contribution in [0.5, 0.6) is 0 Å². The summed E-state index contributed by atoms with van der Waals surface area (Å²) in [6.07, 6.45) is 1.85. The van der Waals surface area contributed by atoms with Crippen molar-refractivity contribution in [2.24, 2.45) is 0 Å². The highest BCUT2D eigenvalue weighted by atomic mass is 79.9. The van der Waals surface area contributed by atoms with Gasteiger partial charge in [0.25, 0.3) is 0 Å². The van der Waals surface area contributed by atoms with E-state index >= 15 is 0 Å². The van der Waals surface area contributed by atoms with Gasteiger partial charge in [-0.3, -0.25) is 4.98 Å². The Morgan fingerprint density at radius 1 is 1.14 bits per heavy atom. The second-order valence-electron chi connectivity index (χ2n) is 4.89. The van der Waals surface area contributed by atoms with Crippen LogP contribution in [0.25, 0.3) is 0 Å². The highest BCUT2D eigenvalue weighted by Gasteiger charge is 2.15. The molecule has 1 heterocycles. The molecule has 5 heteroatoms. The Kier molecular flexibility index (Phi) is 4.97. The zero-order valence-corrected chi connectivity index (χ0v) is 14.1. The predicted molar refractivity (Wildman–Crippen MR) is 91.3 cm³/mol. The number of nitrogens with one attached hydrogen (secondary N) is 1. The number of halogens is 2. The summed E-state index contributed by atoms with van der Waals surface area (Å²) in [5.41, 5.74) is 3.81. The van der Waals surface area contributed by atoms with Crippen LogP contribution in [0.4, 0.5) is 4.39 Å². The zero-order valence-electron chi connectivity index (χ0n) is 11.7. The van der Waals surface area contributed by atoms with Crippen LogP contribution in [-0.2, 0) is 6.54 Å². The average molecular weight is 377 g/mol. The minimum absolute atomic E-state index is 0.0738. The molecule has 0 bridgehead atoms. The van der Waals surface area contributed by atoms with E-state index in [-0.39, 0.29) is 11.9 Å². The first-order chi connectivity index (χ1) is 10.7. The first-order valence-electron chi connectivity index (χ1n) is 6.84. The van der Waals surface area contributed by atoms with Crippen LogP contribution < -0.4 is 5.32 Å². The van der Waals surface area contributed by atoms with Crippen LogP contribution in [0.3, 0.4) is 0 Å². The highest BCUT2D eigenvalue weighted by molar-refractivity contribution is 9.10. The minimum atomic E-state index is -0.225. The summed E-state index contributed by atoms with van der Waals surface area (Å²) in [4.78, 5) is 5.23. The van der Waals surface area contributed by atoms with Crippen molar-refractivity contribution in [2.75, 3.05) is 0 Å². The lowest BCUT2D eigenvalue weighted by molar-refractivity contribution is 0.592. The third-order valence-electron chi connectivity index (χ3n) is 3.33. The summed E-state index contributed by atoms with van der Waals surface area (Å²) >= 11 is 5.10. The lowest BCUT2D eigenvalue weighted by atomic mass is 9.98. The molecule has 0 amide bonds. The Balaban J connectivity index is 1.91. The molecule has 1 atom stereocenters. The smallest absolute Gasteiger partial charge is 0.123 e. The molecule has 0 saturated carbocycles. The molecule has 0 spiro atoms. The third kappa shape index (κ3) is 3.80. The maximum absolute atomic E-state index is 13.6. The van der Waals surface area contributed by atoms with E-state index in [9.17, 15) is 4.39 Å². The molecule has 0 fully saturated rings. The Hall–Kier alpha value is -1.56. The fourth-order valence-corrected chi connectivity index (χ4v) is 3.29. The monoisotopic (exact) mass is 376 g/mol. The van der Waals surface area contributed by atoms with E-state index < -0.39 is 0 Å². The van der Waals surface area contributed by atoms with E-state index in [0.717, 1.165) is 20.5 Å². The molecule has 1 aromatic heterocycles. The van der Waals surface area contributed by atoms with Crippen molar-refractivity contribution in [2.45, 2.75) is 12.6 Å². The van der Waals surface area contributed by atoms with E-state index in [4.69, 9.17) is 0 Å². The fourth-order valence-electron chi connectivity index (χ4n) is 2.33. The highest BCUT2D eigenvalue weighted by Crippen LogP contribution is 2.26. The molecule has 0 aliphatic rings. The molecule has 0 saturated heterocycles. The number of rotatable bonds is 5. The minimum Gasteiger partial charge on any atom is -0.301 e. The van der Waals surface area contributed by atoms with Crippen molar-refractivity contribution < 1.29 is 4.39 Å². The third-order valence-corrected chi connectivity index (χ3v) is 4.60. The number of thiazole rings is 1. The molecule has 112 valence electrons. The van der Waals surface area contributed by atoms with Gasteiger partial charge < -0.3 is 5.32 Å². The average Bonchev–Trinajstić information content (AvgIpc) is 3.01. The normalized spacial score (nSPS) is 12.3. The van der Waals surface area contributed by atoms with Gasteiger partial charge in [0, 0.05) is 22.1 Å². The standard InChI is InChI=1S/C17H14BrFN2S/c18-14-5-1-3-12(7-14)17(13-4-2-6-15(19)8-13)21-10-16-9-20-11-22-16/h1-9,11,17,21H,10H2/t17-/m0/s1. The van der Waals surface area contributed by atoms with Crippen LogP contribution in [0.1, 0.15) is 22.0 Å². The topological polar surface area (TPSA) is 24.9 Å². The summed E-state index contributed by atoms with van der Waals surface area (Å²) < 4.78 is 14.6. The van der Waals surface area contributed by atoms with Crippen LogP contribution in [0.15, 0.2) is 64.7 Å². The van der Waals surface area contributed by atoms with Crippen molar-refractivity contribution in [1.29, 1.82) is 0 Å². The Bertz CT molecular complexity index is 700. The van der Waals surface area contributed by atoms with Crippen molar-refractivity contribution in [1.82, 2.24) is 10.3 Å². The van der Waals surface area contributed by atoms with Gasteiger partial charge in [0.2, 0.25) is 0 Å². The van der Waals surface area contributed by atoms with Gasteiger partial charge in [-0.15, -0.1) is 11.3 Å². The number of aromatic nitrogens is 1. The van der Waals surface area contributed by atoms with Gasteiger partial charge in [-0.05, 0) is 35.4 Å². The lowest BCUT2D eigenvalue weighted by Crippen LogP contribution is -2.21. The quantitative estimate of drug-likeness (QED) is 0.683. The first-order valence-corrected chi connectivity index (χ1v) is 8.51. The Morgan fingerprint density at radius 2 is 1.91 bits per heavy atom. The van der Waals surface area contributed by atoms with E-state index in [1.54, 1.807) is 23.5 Å². The number of hydrogen-bond donors (Lipinski definition) is 1. The predicted octanol–water partition coefficient (Wildman–Crippen LogP) is 4.92. The summed E-state index contributed by atoms with van der Waals surface area (Å²) in [7, 11) is 0. The summed E-state index contributed by atoms with van der Waals surface area (Å²) in [6, 6.07) is 14.7. The molecular formula is C17H14BrFN2S. The molecule has 22 heavy (non-hydrogen) atoms. The molecule has 3 aromatic rings. The Morgan fingerprint density at radius 3 is 2.59 bits per heavy atom. The van der Waals surface area contributed by atoms with Gasteiger partial charge in [-0.1, -0.05) is 40.2 Å². The summed E-state index contributed by atoms with van der Waals surface area (Å²) in [5.74, 6) is -0.225. The second-order valence-corrected chi connectivity index (χ2v) is 6.78. The van der Waals surface area contributed by atoms with Crippen LogP contribution >= 0.6 is 27.3 Å². The largest absolute Gasteiger partial charge is 0.301 e. The SMILES string of the molecule is Fc1cccc([C@@H](NCc2cncs2)c2cccc(Br)c2)c1. The van der Waals surface area contributed by atoms with Crippen molar-refractivity contribution in [3.05, 3.63) is 86.5 Å². The molecule has 0 aliphatic carbocycles. The first kappa shape index (κ1) is 15.3. The molecular weight excluding hydrogens is 363 g/mol. The molecule has 0 unspecified atom stereocenters. The van der Waals surface area contributed by atoms with Gasteiger partial charge in [-0.25, -0.2) is 4.39 Å². The van der Waals surface area contributed by atoms with Crippen LogP contribution in [0.2, 0.25) is 0 Å². The van der Waals surface area contributed by atoms with Crippen molar-refractivity contribution >= 4 is 27.3 Å². The van der Waals surface area contributed by atoms with E-state index in [2.05, 4.69) is 32.3 Å². The van der Waals surface area contributed by atoms with Gasteiger partial charge in [-0.2, -0.15) is 0 Å². The molecule has 2 aromatic carbocycles. The number of hydrogen-bond acceptors (Lipinski definition) is 3.